The lowest BCUT2D eigenvalue weighted by atomic mass is 10.00. The topological polar surface area (TPSA) is 20.3 Å². The van der Waals surface area contributed by atoms with Gasteiger partial charge in [0, 0.05) is 24.9 Å². The van der Waals surface area contributed by atoms with E-state index in [0.717, 1.165) is 0 Å². The number of carbonyl (C=O) groups is 1. The van der Waals surface area contributed by atoms with Crippen molar-refractivity contribution in [2.45, 2.75) is 37.8 Å². The number of nitrogens with zero attached hydrogens (tertiary/aromatic N) is 1. The third-order valence-electron chi connectivity index (χ3n) is 3.99. The Labute approximate surface area is 111 Å². The molecule has 2 fully saturated rings. The molecule has 0 spiro atoms. The maximum atomic E-state index is 13.8. The fraction of sp³-hybridized carbons (Fsp3) is 0.462. The summed E-state index contributed by atoms with van der Waals surface area (Å²) in [6, 6.07) is -0.982. The lowest BCUT2D eigenvalue weighted by molar-refractivity contribution is -0.120. The van der Waals surface area contributed by atoms with E-state index in [1.165, 1.54) is 4.90 Å². The molecule has 0 amide bonds. The van der Waals surface area contributed by atoms with Crippen molar-refractivity contribution in [3.63, 3.8) is 0 Å². The van der Waals surface area contributed by atoms with E-state index in [2.05, 4.69) is 0 Å². The first-order valence-corrected chi connectivity index (χ1v) is 6.23. The van der Waals surface area contributed by atoms with E-state index in [0.29, 0.717) is 12.8 Å². The highest BCUT2D eigenvalue weighted by molar-refractivity contribution is 5.83. The summed E-state index contributed by atoms with van der Waals surface area (Å²) >= 11 is 0. The maximum absolute atomic E-state index is 13.8. The first-order chi connectivity index (χ1) is 9.41. The molecule has 2 atom stereocenters. The van der Waals surface area contributed by atoms with Crippen molar-refractivity contribution in [2.75, 3.05) is 4.90 Å². The molecular formula is C13H10F5NO. The largest absolute Gasteiger partial charge is 0.360 e. The van der Waals surface area contributed by atoms with E-state index in [9.17, 15) is 26.7 Å². The van der Waals surface area contributed by atoms with Gasteiger partial charge in [-0.1, -0.05) is 0 Å². The molecule has 2 saturated heterocycles. The molecule has 0 aliphatic carbocycles. The molecule has 2 nitrogen and oxygen atoms in total. The van der Waals surface area contributed by atoms with Gasteiger partial charge < -0.3 is 4.90 Å². The molecule has 0 N–H and O–H groups in total. The highest BCUT2D eigenvalue weighted by atomic mass is 19.2. The number of benzene rings is 1. The first kappa shape index (κ1) is 13.3. The standard InChI is InChI=1S/C13H10F5NO/c14-8-9(15)11(17)13(12(18)10(8)16)19-5-1-2-6(19)4-7(20)3-5/h5-6H,1-4H2. The summed E-state index contributed by atoms with van der Waals surface area (Å²) in [6.07, 6.45) is 1.18. The van der Waals surface area contributed by atoms with Gasteiger partial charge in [-0.2, -0.15) is 0 Å². The van der Waals surface area contributed by atoms with Crippen molar-refractivity contribution in [3.8, 4) is 0 Å². The summed E-state index contributed by atoms with van der Waals surface area (Å²) in [5, 5.41) is 0. The van der Waals surface area contributed by atoms with Crippen molar-refractivity contribution >= 4 is 11.5 Å². The lowest BCUT2D eigenvalue weighted by Gasteiger charge is -2.36. The molecule has 3 rings (SSSR count). The second-order valence-electron chi connectivity index (χ2n) is 5.16. The predicted molar refractivity (Wildman–Crippen MR) is 59.8 cm³/mol. The molecule has 0 saturated carbocycles. The number of hydrogen-bond donors (Lipinski definition) is 0. The second-order valence-corrected chi connectivity index (χ2v) is 5.16. The van der Waals surface area contributed by atoms with E-state index in [4.69, 9.17) is 0 Å². The Hall–Kier alpha value is -1.66. The molecule has 2 bridgehead atoms. The molecule has 1 aromatic rings. The number of Topliss-reactive ketones (excluding diaryl/α,β-unsaturated/α-hetero) is 1. The summed E-state index contributed by atoms with van der Waals surface area (Å²) in [5.74, 6) is -9.76. The summed E-state index contributed by atoms with van der Waals surface area (Å²) in [5.41, 5.74) is -0.901. The van der Waals surface area contributed by atoms with Crippen LogP contribution in [0.5, 0.6) is 0 Å². The number of anilines is 1. The van der Waals surface area contributed by atoms with Crippen LogP contribution in [0.4, 0.5) is 27.6 Å². The highest BCUT2D eigenvalue weighted by Gasteiger charge is 2.44. The molecule has 2 aliphatic rings. The van der Waals surface area contributed by atoms with Crippen LogP contribution in [0.3, 0.4) is 0 Å². The Bertz CT molecular complexity index is 558. The van der Waals surface area contributed by atoms with Crippen LogP contribution in [0.1, 0.15) is 25.7 Å². The SMILES string of the molecule is O=C1CC2CCC(C1)N2c1c(F)c(F)c(F)c(F)c1F. The van der Waals surface area contributed by atoms with Crippen LogP contribution < -0.4 is 4.90 Å². The van der Waals surface area contributed by atoms with Gasteiger partial charge in [-0.15, -0.1) is 0 Å². The van der Waals surface area contributed by atoms with Crippen LogP contribution in [-0.4, -0.2) is 17.9 Å². The number of piperidine rings is 1. The Balaban J connectivity index is 2.14. The van der Waals surface area contributed by atoms with Crippen LogP contribution >= 0.6 is 0 Å². The fourth-order valence-electron chi connectivity index (χ4n) is 3.16. The van der Waals surface area contributed by atoms with Gasteiger partial charge in [0.1, 0.15) is 11.5 Å². The molecule has 0 aromatic heterocycles. The van der Waals surface area contributed by atoms with Crippen LogP contribution in [0, 0.1) is 29.1 Å². The van der Waals surface area contributed by atoms with Crippen molar-refractivity contribution in [3.05, 3.63) is 29.1 Å². The van der Waals surface area contributed by atoms with Gasteiger partial charge >= 0.3 is 0 Å². The minimum atomic E-state index is -2.16. The zero-order valence-electron chi connectivity index (χ0n) is 10.2. The molecule has 1 aromatic carbocycles. The van der Waals surface area contributed by atoms with Crippen molar-refractivity contribution in [1.82, 2.24) is 0 Å². The summed E-state index contributed by atoms with van der Waals surface area (Å²) in [4.78, 5) is 12.6. The summed E-state index contributed by atoms with van der Waals surface area (Å²) in [6.45, 7) is 0. The molecular weight excluding hydrogens is 281 g/mol. The quantitative estimate of drug-likeness (QED) is 0.450. The highest BCUT2D eigenvalue weighted by Crippen LogP contribution is 2.41. The third kappa shape index (κ3) is 1.72. The Kier molecular flexibility index (Phi) is 2.95. The van der Waals surface area contributed by atoms with Crippen LogP contribution in [-0.2, 0) is 4.79 Å². The number of ketones is 1. The van der Waals surface area contributed by atoms with E-state index in [-0.39, 0.29) is 18.6 Å². The van der Waals surface area contributed by atoms with E-state index < -0.39 is 46.9 Å². The lowest BCUT2D eigenvalue weighted by Crippen LogP contribution is -2.44. The Morgan fingerprint density at radius 3 is 1.60 bits per heavy atom. The van der Waals surface area contributed by atoms with Gasteiger partial charge in [-0.25, -0.2) is 22.0 Å². The van der Waals surface area contributed by atoms with Gasteiger partial charge in [-0.05, 0) is 12.8 Å². The third-order valence-corrected chi connectivity index (χ3v) is 3.99. The maximum Gasteiger partial charge on any atom is 0.200 e. The van der Waals surface area contributed by atoms with Crippen molar-refractivity contribution < 1.29 is 26.7 Å². The zero-order chi connectivity index (χ0) is 14.6. The van der Waals surface area contributed by atoms with Crippen LogP contribution in [0.2, 0.25) is 0 Å². The minimum absolute atomic E-state index is 0.0439. The van der Waals surface area contributed by atoms with Crippen LogP contribution in [0.15, 0.2) is 0 Å². The molecule has 2 heterocycles. The summed E-state index contributed by atoms with van der Waals surface area (Å²) < 4.78 is 67.2. The molecule has 108 valence electrons. The number of carbonyl (C=O) groups excluding carboxylic acids is 1. The Morgan fingerprint density at radius 2 is 1.15 bits per heavy atom. The molecule has 2 unspecified atom stereocenters. The normalized spacial score (nSPS) is 25.4. The number of hydrogen-bond acceptors (Lipinski definition) is 2. The smallest absolute Gasteiger partial charge is 0.200 e. The van der Waals surface area contributed by atoms with Gasteiger partial charge in [0.15, 0.2) is 23.3 Å². The monoisotopic (exact) mass is 291 g/mol. The van der Waals surface area contributed by atoms with Crippen molar-refractivity contribution in [1.29, 1.82) is 0 Å². The van der Waals surface area contributed by atoms with Gasteiger partial charge in [-0.3, -0.25) is 4.79 Å². The molecule has 7 heteroatoms. The van der Waals surface area contributed by atoms with E-state index in [1.54, 1.807) is 0 Å². The number of rotatable bonds is 1. The minimum Gasteiger partial charge on any atom is -0.360 e. The number of fused-ring (bicyclic) bond motifs is 2. The molecule has 2 aliphatic heterocycles. The van der Waals surface area contributed by atoms with Crippen LogP contribution in [0.25, 0.3) is 0 Å². The van der Waals surface area contributed by atoms with Gasteiger partial charge in [0.05, 0.1) is 0 Å². The summed E-state index contributed by atoms with van der Waals surface area (Å²) in [7, 11) is 0. The zero-order valence-corrected chi connectivity index (χ0v) is 10.2. The number of halogens is 5. The van der Waals surface area contributed by atoms with Crippen molar-refractivity contribution in [2.24, 2.45) is 0 Å². The second kappa shape index (κ2) is 4.43. The predicted octanol–water partition coefficient (Wildman–Crippen LogP) is 3.08. The van der Waals surface area contributed by atoms with Gasteiger partial charge in [0.2, 0.25) is 5.82 Å². The molecule has 20 heavy (non-hydrogen) atoms. The van der Waals surface area contributed by atoms with E-state index in [1.807, 2.05) is 0 Å². The Morgan fingerprint density at radius 1 is 0.750 bits per heavy atom. The van der Waals surface area contributed by atoms with Gasteiger partial charge in [0.25, 0.3) is 0 Å². The average molecular weight is 291 g/mol. The van der Waals surface area contributed by atoms with E-state index >= 15 is 0 Å². The first-order valence-electron chi connectivity index (χ1n) is 6.23. The molecule has 0 radical (unpaired) electrons. The fourth-order valence-corrected chi connectivity index (χ4v) is 3.16. The average Bonchev–Trinajstić information content (AvgIpc) is 2.67.